The number of hydrogen-bond donors (Lipinski definition) is 2. The maximum absolute atomic E-state index is 10.8. The smallest absolute Gasteiger partial charge is 0.303 e. The number of ether oxygens (including phenoxy) is 2. The number of fused-ring (bicyclic) bond motifs is 1. The molecule has 1 aromatic rings. The predicted octanol–water partition coefficient (Wildman–Crippen LogP) is 1.70. The highest BCUT2D eigenvalue weighted by Crippen LogP contribution is 2.46. The maximum atomic E-state index is 10.8. The first kappa shape index (κ1) is 12.7. The van der Waals surface area contributed by atoms with Gasteiger partial charge in [0.05, 0.1) is 26.7 Å². The van der Waals surface area contributed by atoms with Crippen molar-refractivity contribution in [1.82, 2.24) is 0 Å². The van der Waals surface area contributed by atoms with Gasteiger partial charge in [-0.2, -0.15) is 0 Å². The fourth-order valence-electron chi connectivity index (χ4n) is 2.48. The van der Waals surface area contributed by atoms with E-state index in [2.05, 4.69) is 0 Å². The van der Waals surface area contributed by atoms with Crippen LogP contribution in [0.4, 0.5) is 0 Å². The fourth-order valence-corrected chi connectivity index (χ4v) is 2.48. The first-order chi connectivity index (χ1) is 8.56. The Morgan fingerprint density at radius 1 is 1.28 bits per heavy atom. The fraction of sp³-hybridized carbons (Fsp3) is 0.462. The van der Waals surface area contributed by atoms with Gasteiger partial charge in [0.2, 0.25) is 0 Å². The van der Waals surface area contributed by atoms with E-state index in [9.17, 15) is 9.90 Å². The van der Waals surface area contributed by atoms with E-state index >= 15 is 0 Å². The Morgan fingerprint density at radius 2 is 1.83 bits per heavy atom. The molecule has 2 atom stereocenters. The number of carboxylic acids is 1. The lowest BCUT2D eigenvalue weighted by atomic mass is 9.97. The van der Waals surface area contributed by atoms with Gasteiger partial charge in [0.15, 0.2) is 11.5 Å². The van der Waals surface area contributed by atoms with Gasteiger partial charge in [-0.3, -0.25) is 4.79 Å². The van der Waals surface area contributed by atoms with E-state index in [0.29, 0.717) is 17.9 Å². The number of benzene rings is 1. The minimum Gasteiger partial charge on any atom is -0.493 e. The van der Waals surface area contributed by atoms with Gasteiger partial charge in [-0.25, -0.2) is 0 Å². The van der Waals surface area contributed by atoms with Crippen LogP contribution in [-0.2, 0) is 4.79 Å². The number of carboxylic acid groups (broad SMARTS) is 1. The summed E-state index contributed by atoms with van der Waals surface area (Å²) in [6.07, 6.45) is -0.193. The average molecular weight is 252 g/mol. The lowest BCUT2D eigenvalue weighted by Gasteiger charge is -2.13. The minimum absolute atomic E-state index is 0.0134. The molecule has 18 heavy (non-hydrogen) atoms. The van der Waals surface area contributed by atoms with Crippen molar-refractivity contribution in [3.8, 4) is 11.5 Å². The summed E-state index contributed by atoms with van der Waals surface area (Å²) in [5, 5.41) is 18.8. The Morgan fingerprint density at radius 3 is 2.33 bits per heavy atom. The van der Waals surface area contributed by atoms with E-state index in [0.717, 1.165) is 11.1 Å². The molecule has 0 saturated heterocycles. The van der Waals surface area contributed by atoms with Crippen LogP contribution in [0.15, 0.2) is 12.1 Å². The molecule has 0 bridgehead atoms. The lowest BCUT2D eigenvalue weighted by Crippen LogP contribution is -2.03. The maximum Gasteiger partial charge on any atom is 0.303 e. The van der Waals surface area contributed by atoms with Crippen LogP contribution in [0, 0.1) is 0 Å². The zero-order chi connectivity index (χ0) is 13.3. The molecular weight excluding hydrogens is 236 g/mol. The predicted molar refractivity (Wildman–Crippen MR) is 64.1 cm³/mol. The molecular formula is C13H16O5. The topological polar surface area (TPSA) is 76.0 Å². The molecule has 0 amide bonds. The monoisotopic (exact) mass is 252 g/mol. The van der Waals surface area contributed by atoms with E-state index in [1.807, 2.05) is 0 Å². The number of rotatable bonds is 4. The summed E-state index contributed by atoms with van der Waals surface area (Å²) in [4.78, 5) is 10.8. The summed E-state index contributed by atoms with van der Waals surface area (Å²) in [5.74, 6) is 0.0640. The first-order valence-electron chi connectivity index (χ1n) is 5.72. The number of aliphatic carboxylic acids is 1. The van der Waals surface area contributed by atoms with Crippen molar-refractivity contribution in [2.45, 2.75) is 24.9 Å². The number of aliphatic hydroxyl groups is 1. The summed E-state index contributed by atoms with van der Waals surface area (Å²) in [7, 11) is 3.06. The molecule has 0 aromatic heterocycles. The molecule has 2 unspecified atom stereocenters. The molecule has 1 aromatic carbocycles. The quantitative estimate of drug-likeness (QED) is 0.853. The Bertz CT molecular complexity index is 469. The standard InChI is InChI=1S/C13H16O5/c1-17-11-5-8-7(4-13(15)16)3-10(14)9(8)6-12(11)18-2/h5-7,10,14H,3-4H2,1-2H3,(H,15,16). The second-order valence-electron chi connectivity index (χ2n) is 4.38. The molecule has 1 aliphatic rings. The highest BCUT2D eigenvalue weighted by atomic mass is 16.5. The van der Waals surface area contributed by atoms with Crippen molar-refractivity contribution >= 4 is 5.97 Å². The molecule has 0 spiro atoms. The van der Waals surface area contributed by atoms with Crippen molar-refractivity contribution in [3.05, 3.63) is 23.3 Å². The molecule has 1 aliphatic carbocycles. The molecule has 0 heterocycles. The Hall–Kier alpha value is -1.75. The van der Waals surface area contributed by atoms with Crippen LogP contribution < -0.4 is 9.47 Å². The van der Waals surface area contributed by atoms with E-state index in [1.54, 1.807) is 12.1 Å². The van der Waals surface area contributed by atoms with Gasteiger partial charge in [0.25, 0.3) is 0 Å². The van der Waals surface area contributed by atoms with E-state index in [1.165, 1.54) is 14.2 Å². The lowest BCUT2D eigenvalue weighted by molar-refractivity contribution is -0.137. The molecule has 98 valence electrons. The number of aliphatic hydroxyl groups excluding tert-OH is 1. The Labute approximate surface area is 105 Å². The largest absolute Gasteiger partial charge is 0.493 e. The summed E-state index contributed by atoms with van der Waals surface area (Å²) in [5.41, 5.74) is 1.57. The van der Waals surface area contributed by atoms with Crippen molar-refractivity contribution in [2.24, 2.45) is 0 Å². The van der Waals surface area contributed by atoms with Crippen molar-refractivity contribution in [3.63, 3.8) is 0 Å². The highest BCUT2D eigenvalue weighted by molar-refractivity contribution is 5.69. The number of carbonyl (C=O) groups is 1. The van der Waals surface area contributed by atoms with Gasteiger partial charge in [0.1, 0.15) is 0 Å². The van der Waals surface area contributed by atoms with Gasteiger partial charge in [-0.05, 0) is 35.6 Å². The molecule has 0 saturated carbocycles. The average Bonchev–Trinajstić information content (AvgIpc) is 2.63. The van der Waals surface area contributed by atoms with Crippen LogP contribution in [0.1, 0.15) is 36.0 Å². The zero-order valence-electron chi connectivity index (χ0n) is 10.3. The van der Waals surface area contributed by atoms with Gasteiger partial charge < -0.3 is 19.7 Å². The van der Waals surface area contributed by atoms with Crippen molar-refractivity contribution < 1.29 is 24.5 Å². The second-order valence-corrected chi connectivity index (χ2v) is 4.38. The number of methoxy groups -OCH3 is 2. The molecule has 0 aliphatic heterocycles. The van der Waals surface area contributed by atoms with Gasteiger partial charge in [-0.1, -0.05) is 0 Å². The highest BCUT2D eigenvalue weighted by Gasteiger charge is 2.32. The molecule has 2 rings (SSSR count). The van der Waals surface area contributed by atoms with Crippen LogP contribution >= 0.6 is 0 Å². The summed E-state index contributed by atoms with van der Waals surface area (Å²) in [6.45, 7) is 0. The van der Waals surface area contributed by atoms with Crippen LogP contribution in [0.25, 0.3) is 0 Å². The molecule has 2 N–H and O–H groups in total. The van der Waals surface area contributed by atoms with Gasteiger partial charge in [0, 0.05) is 0 Å². The van der Waals surface area contributed by atoms with Crippen LogP contribution in [0.5, 0.6) is 11.5 Å². The van der Waals surface area contributed by atoms with Crippen LogP contribution in [-0.4, -0.2) is 30.4 Å². The molecule has 0 radical (unpaired) electrons. The third-order valence-electron chi connectivity index (χ3n) is 3.32. The Balaban J connectivity index is 2.43. The van der Waals surface area contributed by atoms with Gasteiger partial charge >= 0.3 is 5.97 Å². The SMILES string of the molecule is COc1cc2c(cc1OC)C(CC(=O)O)CC2O. The van der Waals surface area contributed by atoms with Crippen LogP contribution in [0.3, 0.4) is 0 Å². The number of hydrogen-bond acceptors (Lipinski definition) is 4. The zero-order valence-corrected chi connectivity index (χ0v) is 10.3. The Kier molecular flexibility index (Phi) is 3.43. The van der Waals surface area contributed by atoms with Crippen molar-refractivity contribution in [1.29, 1.82) is 0 Å². The first-order valence-corrected chi connectivity index (χ1v) is 5.72. The van der Waals surface area contributed by atoms with Crippen LogP contribution in [0.2, 0.25) is 0 Å². The van der Waals surface area contributed by atoms with Gasteiger partial charge in [-0.15, -0.1) is 0 Å². The van der Waals surface area contributed by atoms with E-state index in [-0.39, 0.29) is 12.3 Å². The third kappa shape index (κ3) is 2.13. The third-order valence-corrected chi connectivity index (χ3v) is 3.32. The summed E-state index contributed by atoms with van der Waals surface area (Å²) in [6, 6.07) is 3.48. The minimum atomic E-state index is -0.866. The molecule has 0 fully saturated rings. The normalized spacial score (nSPS) is 21.5. The summed E-state index contributed by atoms with van der Waals surface area (Å²) >= 11 is 0. The summed E-state index contributed by atoms with van der Waals surface area (Å²) < 4.78 is 10.4. The second kappa shape index (κ2) is 4.86. The van der Waals surface area contributed by atoms with E-state index < -0.39 is 12.1 Å². The van der Waals surface area contributed by atoms with E-state index in [4.69, 9.17) is 14.6 Å². The molecule has 5 nitrogen and oxygen atoms in total. The molecule has 5 heteroatoms. The van der Waals surface area contributed by atoms with Crippen molar-refractivity contribution in [2.75, 3.05) is 14.2 Å².